The predicted molar refractivity (Wildman–Crippen MR) is 253 cm³/mol. The van der Waals surface area contributed by atoms with E-state index in [1.807, 2.05) is 153 Å². The summed E-state index contributed by atoms with van der Waals surface area (Å²) < 4.78 is 2.19. The molecule has 11 aromatic rings. The molecule has 65 heavy (non-hydrogen) atoms. The Morgan fingerprint density at radius 1 is 0.354 bits per heavy atom. The van der Waals surface area contributed by atoms with Gasteiger partial charge < -0.3 is 4.57 Å². The molecular formula is C54H35N11. The summed E-state index contributed by atoms with van der Waals surface area (Å²) in [6.45, 7) is 3.65. The van der Waals surface area contributed by atoms with E-state index in [0.29, 0.717) is 63.5 Å². The quantitative estimate of drug-likeness (QED) is 0.145. The summed E-state index contributed by atoms with van der Waals surface area (Å²) in [6.07, 6.45) is 0. The molecule has 0 aliphatic rings. The smallest absolute Gasteiger partial charge is 0.164 e. The molecule has 4 heterocycles. The van der Waals surface area contributed by atoms with Gasteiger partial charge in [0.05, 0.1) is 22.7 Å². The Bertz CT molecular complexity index is 3310. The maximum atomic E-state index is 10.4. The summed E-state index contributed by atoms with van der Waals surface area (Å²) in [5.74, 6) is 4.90. The van der Waals surface area contributed by atoms with Crippen LogP contribution in [0, 0.1) is 25.2 Å². The van der Waals surface area contributed by atoms with Crippen molar-refractivity contribution in [1.29, 1.82) is 5.26 Å². The summed E-state index contributed by atoms with van der Waals surface area (Å²) in [5, 5.41) is 12.4. The highest BCUT2D eigenvalue weighted by molar-refractivity contribution is 6.11. The van der Waals surface area contributed by atoms with Gasteiger partial charge in [-0.25, -0.2) is 44.9 Å². The molecule has 4 aromatic heterocycles. The van der Waals surface area contributed by atoms with Gasteiger partial charge in [0.25, 0.3) is 0 Å². The van der Waals surface area contributed by atoms with Gasteiger partial charge >= 0.3 is 0 Å². The second-order valence-electron chi connectivity index (χ2n) is 15.5. The van der Waals surface area contributed by atoms with Gasteiger partial charge in [0.15, 0.2) is 40.8 Å². The Balaban J connectivity index is 1.16. The molecule has 0 spiro atoms. The first-order chi connectivity index (χ1) is 32.0. The Labute approximate surface area is 373 Å². The lowest BCUT2D eigenvalue weighted by molar-refractivity contribution is 0.927. The average Bonchev–Trinajstić information content (AvgIpc) is 3.69. The number of aryl methyl sites for hydroxylation is 2. The van der Waals surface area contributed by atoms with Crippen LogP contribution in [-0.2, 0) is 0 Å². The van der Waals surface area contributed by atoms with E-state index in [1.54, 1.807) is 0 Å². The third-order valence-electron chi connectivity index (χ3n) is 11.2. The van der Waals surface area contributed by atoms with Crippen LogP contribution >= 0.6 is 0 Å². The molecule has 11 heteroatoms. The Morgan fingerprint density at radius 2 is 0.723 bits per heavy atom. The molecule has 0 atom stereocenters. The van der Waals surface area contributed by atoms with Crippen LogP contribution in [0.5, 0.6) is 0 Å². The molecule has 0 aliphatic carbocycles. The number of benzene rings is 7. The highest BCUT2D eigenvalue weighted by Gasteiger charge is 2.21. The van der Waals surface area contributed by atoms with Gasteiger partial charge in [0, 0.05) is 55.4 Å². The molecule has 11 rings (SSSR count). The predicted octanol–water partition coefficient (Wildman–Crippen LogP) is 11.5. The van der Waals surface area contributed by atoms with Gasteiger partial charge in [-0.1, -0.05) is 146 Å². The molecule has 0 bridgehead atoms. The topological polar surface area (TPSA) is 145 Å². The van der Waals surface area contributed by atoms with Crippen molar-refractivity contribution in [1.82, 2.24) is 49.4 Å². The number of aromatic nitrogens is 10. The minimum absolute atomic E-state index is 0.426. The van der Waals surface area contributed by atoms with E-state index >= 15 is 0 Å². The second kappa shape index (κ2) is 16.3. The van der Waals surface area contributed by atoms with Gasteiger partial charge in [-0.3, -0.25) is 0 Å². The number of hydrogen-bond acceptors (Lipinski definition) is 10. The molecule has 0 amide bonds. The molecule has 0 radical (unpaired) electrons. The lowest BCUT2D eigenvalue weighted by Crippen LogP contribution is -2.02. The first-order valence-electron chi connectivity index (χ1n) is 21.0. The van der Waals surface area contributed by atoms with E-state index < -0.39 is 0 Å². The fourth-order valence-corrected chi connectivity index (χ4v) is 8.14. The van der Waals surface area contributed by atoms with Crippen molar-refractivity contribution in [2.75, 3.05) is 0 Å². The van der Waals surface area contributed by atoms with Crippen LogP contribution in [0.3, 0.4) is 0 Å². The third kappa shape index (κ3) is 7.41. The summed E-state index contributed by atoms with van der Waals surface area (Å²) >= 11 is 0. The zero-order valence-electron chi connectivity index (χ0n) is 35.2. The highest BCUT2D eigenvalue weighted by atomic mass is 15.1. The van der Waals surface area contributed by atoms with Crippen LogP contribution in [0.2, 0.25) is 0 Å². The van der Waals surface area contributed by atoms with E-state index in [2.05, 4.69) is 62.0 Å². The summed E-state index contributed by atoms with van der Waals surface area (Å²) in [6, 6.07) is 60.5. The van der Waals surface area contributed by atoms with Crippen molar-refractivity contribution in [3.8, 4) is 91.5 Å². The number of nitriles is 1. The normalized spacial score (nSPS) is 11.2. The van der Waals surface area contributed by atoms with Crippen LogP contribution in [0.25, 0.3) is 107 Å². The third-order valence-corrected chi connectivity index (χ3v) is 11.2. The van der Waals surface area contributed by atoms with Gasteiger partial charge in [-0.15, -0.1) is 0 Å². The molecule has 0 fully saturated rings. The highest BCUT2D eigenvalue weighted by Crippen LogP contribution is 2.38. The number of nitrogens with zero attached hydrogens (tertiary/aromatic N) is 11. The van der Waals surface area contributed by atoms with E-state index in [1.165, 1.54) is 0 Å². The molecule has 7 aromatic carbocycles. The molecule has 0 saturated carbocycles. The van der Waals surface area contributed by atoms with Crippen molar-refractivity contribution in [2.24, 2.45) is 0 Å². The van der Waals surface area contributed by atoms with Crippen LogP contribution in [-0.4, -0.2) is 49.4 Å². The van der Waals surface area contributed by atoms with E-state index in [0.717, 1.165) is 60.9 Å². The summed E-state index contributed by atoms with van der Waals surface area (Å²) in [7, 11) is 0. The van der Waals surface area contributed by atoms with Crippen molar-refractivity contribution in [2.45, 2.75) is 13.8 Å². The van der Waals surface area contributed by atoms with Crippen LogP contribution in [0.15, 0.2) is 176 Å². The first-order valence-corrected chi connectivity index (χ1v) is 21.0. The minimum Gasteiger partial charge on any atom is -0.309 e. The lowest BCUT2D eigenvalue weighted by atomic mass is 10.1. The van der Waals surface area contributed by atoms with Crippen LogP contribution < -0.4 is 0 Å². The van der Waals surface area contributed by atoms with Gasteiger partial charge in [0.1, 0.15) is 11.6 Å². The number of rotatable bonds is 8. The molecular weight excluding hydrogens is 803 g/mol. The first kappa shape index (κ1) is 38.8. The van der Waals surface area contributed by atoms with E-state index in [-0.39, 0.29) is 0 Å². The molecule has 11 nitrogen and oxygen atoms in total. The van der Waals surface area contributed by atoms with Gasteiger partial charge in [-0.05, 0) is 44.2 Å². The molecule has 0 saturated heterocycles. The average molecular weight is 838 g/mol. The zero-order valence-corrected chi connectivity index (χ0v) is 35.2. The standard InChI is InChI=1S/C54H35N11/c1-33-56-34(2)58-54(57-33)45-31-42(26-23-41(45)32-55)65-46-29-39(52-61-48(35-15-7-3-8-16-35)59-49(62-52)36-17-9-4-10-18-36)24-27-43(46)44-28-25-40(30-47(44)65)53-63-50(37-19-11-5-12-20-37)60-51(64-53)38-21-13-6-14-22-38/h3-31H,1-2H3. The van der Waals surface area contributed by atoms with Crippen LogP contribution in [0.4, 0.5) is 0 Å². The van der Waals surface area contributed by atoms with Crippen molar-refractivity contribution in [3.05, 3.63) is 193 Å². The van der Waals surface area contributed by atoms with Crippen molar-refractivity contribution in [3.63, 3.8) is 0 Å². The maximum Gasteiger partial charge on any atom is 0.164 e. The minimum atomic E-state index is 0.426. The fourth-order valence-electron chi connectivity index (χ4n) is 8.14. The lowest BCUT2D eigenvalue weighted by Gasteiger charge is -2.13. The summed E-state index contributed by atoms with van der Waals surface area (Å²) in [4.78, 5) is 43.9. The monoisotopic (exact) mass is 837 g/mol. The molecule has 0 unspecified atom stereocenters. The second-order valence-corrected chi connectivity index (χ2v) is 15.5. The number of hydrogen-bond donors (Lipinski definition) is 0. The van der Waals surface area contributed by atoms with Gasteiger partial charge in [-0.2, -0.15) is 5.26 Å². The van der Waals surface area contributed by atoms with Crippen LogP contribution in [0.1, 0.15) is 17.2 Å². The van der Waals surface area contributed by atoms with E-state index in [4.69, 9.17) is 29.9 Å². The molecule has 306 valence electrons. The molecule has 0 N–H and O–H groups in total. The number of fused-ring (bicyclic) bond motifs is 3. The largest absolute Gasteiger partial charge is 0.309 e. The Morgan fingerprint density at radius 3 is 1.09 bits per heavy atom. The van der Waals surface area contributed by atoms with Gasteiger partial charge in [0.2, 0.25) is 0 Å². The molecule has 0 aliphatic heterocycles. The Kier molecular flexibility index (Phi) is 9.71. The zero-order chi connectivity index (χ0) is 43.9. The van der Waals surface area contributed by atoms with Crippen molar-refractivity contribution < 1.29 is 0 Å². The SMILES string of the molecule is Cc1nc(C)nc(-c2cc(-n3c4cc(-c5nc(-c6ccccc6)nc(-c6ccccc6)n5)ccc4c4ccc(-c5nc(-c6ccccc6)nc(-c6ccccc6)n5)cc43)ccc2C#N)n1. The Hall–Kier alpha value is -9.14. The summed E-state index contributed by atoms with van der Waals surface area (Å²) in [5.41, 5.74) is 8.74. The fraction of sp³-hybridized carbons (Fsp3) is 0.0370. The maximum absolute atomic E-state index is 10.4. The van der Waals surface area contributed by atoms with Crippen molar-refractivity contribution >= 4 is 21.8 Å². The van der Waals surface area contributed by atoms with E-state index in [9.17, 15) is 5.26 Å².